The Bertz CT molecular complexity index is 404. The quantitative estimate of drug-likeness (QED) is 0.836. The van der Waals surface area contributed by atoms with Gasteiger partial charge in [0.15, 0.2) is 11.5 Å². The number of aliphatic hydroxyl groups is 1. The van der Waals surface area contributed by atoms with E-state index in [0.29, 0.717) is 5.75 Å². The fourth-order valence-electron chi connectivity index (χ4n) is 2.09. The molecule has 1 aromatic rings. The first-order valence-corrected chi connectivity index (χ1v) is 5.77. The van der Waals surface area contributed by atoms with Gasteiger partial charge >= 0.3 is 0 Å². The van der Waals surface area contributed by atoms with E-state index in [4.69, 9.17) is 9.47 Å². The molecule has 17 heavy (non-hydrogen) atoms. The highest BCUT2D eigenvalue weighted by Gasteiger charge is 2.29. The minimum absolute atomic E-state index is 0.234. The minimum atomic E-state index is -0.538. The van der Waals surface area contributed by atoms with Crippen molar-refractivity contribution in [2.24, 2.45) is 5.41 Å². The maximum absolute atomic E-state index is 10.4. The lowest BCUT2D eigenvalue weighted by molar-refractivity contribution is 0.0504. The SMILES string of the molecule is CNCC(C)(C)C(O)c1ccc2c(c1)OCO2. The second-order valence-corrected chi connectivity index (χ2v) is 5.03. The highest BCUT2D eigenvalue weighted by molar-refractivity contribution is 5.45. The van der Waals surface area contributed by atoms with E-state index in [2.05, 4.69) is 5.32 Å². The molecular formula is C13H19NO3. The van der Waals surface area contributed by atoms with Gasteiger partial charge in [-0.25, -0.2) is 0 Å². The Balaban J connectivity index is 2.22. The zero-order valence-corrected chi connectivity index (χ0v) is 10.5. The van der Waals surface area contributed by atoms with E-state index in [1.165, 1.54) is 0 Å². The predicted octanol–water partition coefficient (Wildman–Crippen LogP) is 1.69. The van der Waals surface area contributed by atoms with Gasteiger partial charge in [-0.1, -0.05) is 19.9 Å². The number of aliphatic hydroxyl groups excluding tert-OH is 1. The maximum atomic E-state index is 10.4. The Hall–Kier alpha value is -1.26. The van der Waals surface area contributed by atoms with Crippen molar-refractivity contribution in [3.05, 3.63) is 23.8 Å². The standard InChI is InChI=1S/C13H19NO3/c1-13(2,7-14-3)12(15)9-4-5-10-11(6-9)17-8-16-10/h4-6,12,14-15H,7-8H2,1-3H3. The van der Waals surface area contributed by atoms with Crippen molar-refractivity contribution in [1.29, 1.82) is 0 Å². The smallest absolute Gasteiger partial charge is 0.231 e. The third-order valence-corrected chi connectivity index (χ3v) is 3.08. The lowest BCUT2D eigenvalue weighted by Gasteiger charge is -2.30. The van der Waals surface area contributed by atoms with E-state index in [1.54, 1.807) is 0 Å². The third kappa shape index (κ3) is 2.37. The van der Waals surface area contributed by atoms with Crippen molar-refractivity contribution in [3.8, 4) is 11.5 Å². The number of hydrogen-bond donors (Lipinski definition) is 2. The van der Waals surface area contributed by atoms with Crippen molar-refractivity contribution in [3.63, 3.8) is 0 Å². The molecule has 1 unspecified atom stereocenters. The second kappa shape index (κ2) is 4.55. The molecule has 94 valence electrons. The third-order valence-electron chi connectivity index (χ3n) is 3.08. The Labute approximate surface area is 102 Å². The van der Waals surface area contributed by atoms with Crippen LogP contribution >= 0.6 is 0 Å². The largest absolute Gasteiger partial charge is 0.454 e. The highest BCUT2D eigenvalue weighted by Crippen LogP contribution is 2.38. The molecule has 0 saturated heterocycles. The Morgan fingerprint density at radius 1 is 1.35 bits per heavy atom. The lowest BCUT2D eigenvalue weighted by Crippen LogP contribution is -2.32. The number of ether oxygens (including phenoxy) is 2. The summed E-state index contributed by atoms with van der Waals surface area (Å²) in [5.41, 5.74) is 0.622. The molecule has 0 aromatic heterocycles. The fraction of sp³-hybridized carbons (Fsp3) is 0.538. The van der Waals surface area contributed by atoms with E-state index in [9.17, 15) is 5.11 Å². The van der Waals surface area contributed by atoms with Crippen molar-refractivity contribution in [2.45, 2.75) is 20.0 Å². The Kier molecular flexibility index (Phi) is 3.26. The summed E-state index contributed by atoms with van der Waals surface area (Å²) in [4.78, 5) is 0. The van der Waals surface area contributed by atoms with Crippen LogP contribution in [0.15, 0.2) is 18.2 Å². The number of hydrogen-bond acceptors (Lipinski definition) is 4. The zero-order valence-electron chi connectivity index (χ0n) is 10.5. The fourth-order valence-corrected chi connectivity index (χ4v) is 2.09. The van der Waals surface area contributed by atoms with Crippen LogP contribution in [0.25, 0.3) is 0 Å². The Morgan fingerprint density at radius 3 is 2.76 bits per heavy atom. The van der Waals surface area contributed by atoms with Gasteiger partial charge in [-0.2, -0.15) is 0 Å². The molecule has 4 heteroatoms. The number of nitrogens with one attached hydrogen (secondary N) is 1. The van der Waals surface area contributed by atoms with Gasteiger partial charge in [0, 0.05) is 12.0 Å². The van der Waals surface area contributed by atoms with Gasteiger partial charge in [-0.3, -0.25) is 0 Å². The van der Waals surface area contributed by atoms with Gasteiger partial charge < -0.3 is 19.9 Å². The number of rotatable bonds is 4. The average molecular weight is 237 g/mol. The molecule has 1 aliphatic heterocycles. The second-order valence-electron chi connectivity index (χ2n) is 5.03. The van der Waals surface area contributed by atoms with Crippen LogP contribution in [0, 0.1) is 5.41 Å². The first-order chi connectivity index (χ1) is 8.04. The van der Waals surface area contributed by atoms with E-state index in [0.717, 1.165) is 17.9 Å². The summed E-state index contributed by atoms with van der Waals surface area (Å²) in [7, 11) is 1.88. The molecule has 1 heterocycles. The molecule has 2 N–H and O–H groups in total. The van der Waals surface area contributed by atoms with Gasteiger partial charge in [0.1, 0.15) is 0 Å². The summed E-state index contributed by atoms with van der Waals surface area (Å²) >= 11 is 0. The summed E-state index contributed by atoms with van der Waals surface area (Å²) in [5.74, 6) is 1.45. The molecule has 4 nitrogen and oxygen atoms in total. The normalized spacial score (nSPS) is 16.0. The zero-order chi connectivity index (χ0) is 12.5. The summed E-state index contributed by atoms with van der Waals surface area (Å²) in [6.45, 7) is 5.05. The highest BCUT2D eigenvalue weighted by atomic mass is 16.7. The summed E-state index contributed by atoms with van der Waals surface area (Å²) in [6, 6.07) is 5.58. The van der Waals surface area contributed by atoms with Crippen LogP contribution in [0.3, 0.4) is 0 Å². The maximum Gasteiger partial charge on any atom is 0.231 e. The molecule has 0 saturated carbocycles. The average Bonchev–Trinajstić information content (AvgIpc) is 2.74. The molecule has 0 amide bonds. The van der Waals surface area contributed by atoms with E-state index in [1.807, 2.05) is 39.1 Å². The summed E-state index contributed by atoms with van der Waals surface area (Å²) in [6.07, 6.45) is -0.538. The molecule has 2 rings (SSSR count). The molecule has 0 bridgehead atoms. The molecule has 0 fully saturated rings. The minimum Gasteiger partial charge on any atom is -0.454 e. The van der Waals surface area contributed by atoms with Crippen molar-refractivity contribution in [1.82, 2.24) is 5.32 Å². The van der Waals surface area contributed by atoms with Crippen LogP contribution in [-0.2, 0) is 0 Å². The van der Waals surface area contributed by atoms with E-state index >= 15 is 0 Å². The summed E-state index contributed by atoms with van der Waals surface area (Å²) in [5, 5.41) is 13.5. The molecular weight excluding hydrogens is 218 g/mol. The lowest BCUT2D eigenvalue weighted by atomic mass is 9.82. The van der Waals surface area contributed by atoms with Crippen molar-refractivity contribution >= 4 is 0 Å². The summed E-state index contributed by atoms with van der Waals surface area (Å²) < 4.78 is 10.6. The first kappa shape index (κ1) is 12.2. The monoisotopic (exact) mass is 237 g/mol. The first-order valence-electron chi connectivity index (χ1n) is 5.77. The van der Waals surface area contributed by atoms with Crippen LogP contribution in [0.1, 0.15) is 25.5 Å². The van der Waals surface area contributed by atoms with Gasteiger partial charge in [-0.15, -0.1) is 0 Å². The molecule has 1 aliphatic rings. The topological polar surface area (TPSA) is 50.7 Å². The van der Waals surface area contributed by atoms with Crippen LogP contribution in [0.5, 0.6) is 11.5 Å². The number of fused-ring (bicyclic) bond motifs is 1. The molecule has 1 aromatic carbocycles. The van der Waals surface area contributed by atoms with Crippen molar-refractivity contribution < 1.29 is 14.6 Å². The van der Waals surface area contributed by atoms with Crippen LogP contribution in [0.2, 0.25) is 0 Å². The Morgan fingerprint density at radius 2 is 2.06 bits per heavy atom. The molecule has 0 radical (unpaired) electrons. The van der Waals surface area contributed by atoms with Crippen molar-refractivity contribution in [2.75, 3.05) is 20.4 Å². The van der Waals surface area contributed by atoms with Crippen LogP contribution in [-0.4, -0.2) is 25.5 Å². The van der Waals surface area contributed by atoms with Crippen LogP contribution < -0.4 is 14.8 Å². The van der Waals surface area contributed by atoms with Gasteiger partial charge in [0.25, 0.3) is 0 Å². The number of benzene rings is 1. The molecule has 0 aliphatic carbocycles. The van der Waals surface area contributed by atoms with E-state index < -0.39 is 6.10 Å². The van der Waals surface area contributed by atoms with Crippen LogP contribution in [0.4, 0.5) is 0 Å². The van der Waals surface area contributed by atoms with Gasteiger partial charge in [0.05, 0.1) is 6.10 Å². The predicted molar refractivity (Wildman–Crippen MR) is 65.2 cm³/mol. The molecule has 1 atom stereocenters. The van der Waals surface area contributed by atoms with Gasteiger partial charge in [-0.05, 0) is 24.7 Å². The van der Waals surface area contributed by atoms with Gasteiger partial charge in [0.2, 0.25) is 6.79 Å². The van der Waals surface area contributed by atoms with E-state index in [-0.39, 0.29) is 12.2 Å². The molecule has 0 spiro atoms.